The van der Waals surface area contributed by atoms with E-state index in [2.05, 4.69) is 21.1 Å². The van der Waals surface area contributed by atoms with Gasteiger partial charge in [-0.15, -0.1) is 0 Å². The number of benzene rings is 2. The number of imidazole rings is 1. The molecule has 0 spiro atoms. The Hall–Kier alpha value is -4.47. The fourth-order valence-electron chi connectivity index (χ4n) is 4.26. The SMILES string of the molecule is C[C@@H](N(C)C(=O)c1cn2cc(-c3ccc(C#N)cc3)sc2n1)[C@](O)(Cn1cncn1)c1ccc(F)cc1F. The Labute approximate surface area is 219 Å². The average molecular weight is 534 g/mol. The summed E-state index contributed by atoms with van der Waals surface area (Å²) >= 11 is 1.38. The van der Waals surface area contributed by atoms with Crippen molar-refractivity contribution in [1.29, 1.82) is 5.26 Å². The molecule has 2 atom stereocenters. The number of likely N-dealkylation sites (N-methyl/N-ethyl adjacent to an activating group) is 1. The molecule has 0 bridgehead atoms. The molecule has 12 heteroatoms. The third kappa shape index (κ3) is 4.53. The first-order valence-corrected chi connectivity index (χ1v) is 12.3. The van der Waals surface area contributed by atoms with Crippen molar-refractivity contribution in [1.82, 2.24) is 29.0 Å². The zero-order valence-electron chi connectivity index (χ0n) is 20.3. The van der Waals surface area contributed by atoms with E-state index < -0.39 is 29.2 Å². The topological polar surface area (TPSA) is 112 Å². The maximum Gasteiger partial charge on any atom is 0.274 e. The number of nitrogens with zero attached hydrogens (tertiary/aromatic N) is 7. The van der Waals surface area contributed by atoms with Crippen molar-refractivity contribution < 1.29 is 18.7 Å². The Kier molecular flexibility index (Phi) is 6.48. The van der Waals surface area contributed by atoms with Crippen LogP contribution in [0.2, 0.25) is 0 Å². The normalized spacial score (nSPS) is 13.7. The van der Waals surface area contributed by atoms with Crippen LogP contribution in [0, 0.1) is 23.0 Å². The molecule has 0 fully saturated rings. The Morgan fingerprint density at radius 2 is 2.00 bits per heavy atom. The Morgan fingerprint density at radius 1 is 1.24 bits per heavy atom. The molecule has 2 aromatic carbocycles. The number of fused-ring (bicyclic) bond motifs is 1. The first kappa shape index (κ1) is 25.2. The summed E-state index contributed by atoms with van der Waals surface area (Å²) in [6.45, 7) is 1.33. The van der Waals surface area contributed by atoms with Crippen LogP contribution in [0.4, 0.5) is 8.78 Å². The van der Waals surface area contributed by atoms with E-state index in [1.165, 1.54) is 40.6 Å². The average Bonchev–Trinajstić information content (AvgIpc) is 3.64. The van der Waals surface area contributed by atoms with Crippen molar-refractivity contribution in [3.05, 3.63) is 96.0 Å². The second kappa shape index (κ2) is 9.77. The molecule has 38 heavy (non-hydrogen) atoms. The van der Waals surface area contributed by atoms with Crippen molar-refractivity contribution in [3.8, 4) is 16.5 Å². The quantitative estimate of drug-likeness (QED) is 0.340. The molecule has 0 radical (unpaired) electrons. The zero-order chi connectivity index (χ0) is 27.0. The van der Waals surface area contributed by atoms with E-state index in [4.69, 9.17) is 5.26 Å². The Balaban J connectivity index is 1.43. The minimum Gasteiger partial charge on any atom is -0.381 e. The molecule has 1 N–H and O–H groups in total. The molecule has 5 aromatic rings. The highest BCUT2D eigenvalue weighted by Gasteiger charge is 2.43. The second-order valence-electron chi connectivity index (χ2n) is 8.83. The standard InChI is InChI=1S/C26H21F2N7O2S/c1-16(26(37,13-35-15-30-14-31-35)20-8-7-19(27)9-21(20)28)33(2)24(36)22-11-34-12-23(38-25(34)32-22)18-5-3-17(10-29)4-6-18/h3-9,11-12,14-16,37H,13H2,1-2H3/t16-,26-/m1/s1. The number of hydrogen-bond acceptors (Lipinski definition) is 7. The van der Waals surface area contributed by atoms with Gasteiger partial charge in [0.05, 0.1) is 29.1 Å². The van der Waals surface area contributed by atoms with Gasteiger partial charge in [0.1, 0.15) is 35.6 Å². The summed E-state index contributed by atoms with van der Waals surface area (Å²) in [5.41, 5.74) is -0.545. The minimum atomic E-state index is -1.98. The van der Waals surface area contributed by atoms with Gasteiger partial charge in [-0.05, 0) is 30.7 Å². The van der Waals surface area contributed by atoms with Crippen LogP contribution in [0.15, 0.2) is 67.5 Å². The third-order valence-corrected chi connectivity index (χ3v) is 7.58. The summed E-state index contributed by atoms with van der Waals surface area (Å²) in [6.07, 6.45) is 6.05. The number of hydrogen-bond donors (Lipinski definition) is 1. The van der Waals surface area contributed by atoms with E-state index in [1.54, 1.807) is 29.7 Å². The molecule has 3 heterocycles. The van der Waals surface area contributed by atoms with Gasteiger partial charge in [-0.3, -0.25) is 9.20 Å². The predicted octanol–water partition coefficient (Wildman–Crippen LogP) is 3.85. The number of rotatable bonds is 7. The largest absolute Gasteiger partial charge is 0.381 e. The first-order chi connectivity index (χ1) is 18.2. The minimum absolute atomic E-state index is 0.139. The summed E-state index contributed by atoms with van der Waals surface area (Å²) < 4.78 is 31.5. The molecule has 5 rings (SSSR count). The van der Waals surface area contributed by atoms with Crippen molar-refractivity contribution in [2.24, 2.45) is 0 Å². The summed E-state index contributed by atoms with van der Waals surface area (Å²) in [4.78, 5) is 24.5. The molecule has 9 nitrogen and oxygen atoms in total. The van der Waals surface area contributed by atoms with Crippen LogP contribution < -0.4 is 0 Å². The summed E-state index contributed by atoms with van der Waals surface area (Å²) in [5, 5.41) is 24.8. The maximum absolute atomic E-state index is 14.9. The number of nitriles is 1. The Morgan fingerprint density at radius 3 is 2.63 bits per heavy atom. The molecule has 0 aliphatic rings. The molecule has 192 valence electrons. The fourth-order valence-corrected chi connectivity index (χ4v) is 5.23. The van der Waals surface area contributed by atoms with Crippen LogP contribution >= 0.6 is 11.3 Å². The van der Waals surface area contributed by atoms with E-state index in [-0.39, 0.29) is 17.8 Å². The van der Waals surface area contributed by atoms with Crippen molar-refractivity contribution in [3.63, 3.8) is 0 Å². The zero-order valence-corrected chi connectivity index (χ0v) is 21.1. The van der Waals surface area contributed by atoms with Gasteiger partial charge >= 0.3 is 0 Å². The van der Waals surface area contributed by atoms with Crippen molar-refractivity contribution >= 4 is 22.2 Å². The van der Waals surface area contributed by atoms with Crippen molar-refractivity contribution in [2.45, 2.75) is 25.1 Å². The monoisotopic (exact) mass is 533 g/mol. The van der Waals surface area contributed by atoms with Gasteiger partial charge in [0.25, 0.3) is 5.91 Å². The molecule has 0 unspecified atom stereocenters. The van der Waals surface area contributed by atoms with Crippen molar-refractivity contribution in [2.75, 3.05) is 7.05 Å². The van der Waals surface area contributed by atoms with Crippen LogP contribution in [0.5, 0.6) is 0 Å². The highest BCUT2D eigenvalue weighted by molar-refractivity contribution is 7.20. The third-order valence-electron chi connectivity index (χ3n) is 6.53. The van der Waals surface area contributed by atoms with E-state index in [1.807, 2.05) is 18.3 Å². The molecule has 0 saturated carbocycles. The summed E-state index contributed by atoms with van der Waals surface area (Å²) in [7, 11) is 1.48. The number of carbonyl (C=O) groups is 1. The fraction of sp³-hybridized carbons (Fsp3) is 0.192. The number of halogens is 2. The molecule has 0 aliphatic carbocycles. The van der Waals surface area contributed by atoms with Crippen LogP contribution in [0.3, 0.4) is 0 Å². The van der Waals surface area contributed by atoms with Crippen LogP contribution in [0.25, 0.3) is 15.4 Å². The van der Waals surface area contributed by atoms with Gasteiger partial charge in [-0.1, -0.05) is 29.5 Å². The molecular formula is C26H21F2N7O2S. The van der Waals surface area contributed by atoms with Gasteiger partial charge in [0, 0.05) is 31.1 Å². The van der Waals surface area contributed by atoms with Gasteiger partial charge in [-0.25, -0.2) is 23.4 Å². The summed E-state index contributed by atoms with van der Waals surface area (Å²) in [6, 6.07) is 11.1. The summed E-state index contributed by atoms with van der Waals surface area (Å²) in [5.74, 6) is -2.23. The molecule has 1 amide bonds. The number of amides is 1. The first-order valence-electron chi connectivity index (χ1n) is 11.5. The van der Waals surface area contributed by atoms with Gasteiger partial charge < -0.3 is 10.0 Å². The number of aromatic nitrogens is 5. The van der Waals surface area contributed by atoms with Gasteiger partial charge in [0.15, 0.2) is 4.96 Å². The molecule has 0 aliphatic heterocycles. The predicted molar refractivity (Wildman–Crippen MR) is 135 cm³/mol. The lowest BCUT2D eigenvalue weighted by Crippen LogP contribution is -2.52. The lowest BCUT2D eigenvalue weighted by Gasteiger charge is -2.39. The van der Waals surface area contributed by atoms with Gasteiger partial charge in [0.2, 0.25) is 0 Å². The highest BCUT2D eigenvalue weighted by atomic mass is 32.1. The van der Waals surface area contributed by atoms with Crippen LogP contribution in [-0.2, 0) is 12.1 Å². The van der Waals surface area contributed by atoms with E-state index in [0.717, 1.165) is 22.6 Å². The second-order valence-corrected chi connectivity index (χ2v) is 9.84. The van der Waals surface area contributed by atoms with E-state index in [9.17, 15) is 18.7 Å². The maximum atomic E-state index is 14.9. The Bertz CT molecular complexity index is 1630. The van der Waals surface area contributed by atoms with Crippen LogP contribution in [-0.4, -0.2) is 53.2 Å². The molecule has 0 saturated heterocycles. The molecule has 3 aromatic heterocycles. The smallest absolute Gasteiger partial charge is 0.274 e. The number of aliphatic hydroxyl groups is 1. The van der Waals surface area contributed by atoms with Gasteiger partial charge in [-0.2, -0.15) is 10.4 Å². The lowest BCUT2D eigenvalue weighted by atomic mass is 9.85. The number of thiazole rings is 1. The van der Waals surface area contributed by atoms with E-state index >= 15 is 0 Å². The highest BCUT2D eigenvalue weighted by Crippen LogP contribution is 2.33. The van der Waals surface area contributed by atoms with Crippen LogP contribution in [0.1, 0.15) is 28.5 Å². The number of carbonyl (C=O) groups excluding carboxylic acids is 1. The lowest BCUT2D eigenvalue weighted by molar-refractivity contribution is -0.0501. The van der Waals surface area contributed by atoms with E-state index in [0.29, 0.717) is 16.6 Å². The molecular weight excluding hydrogens is 512 g/mol.